The summed E-state index contributed by atoms with van der Waals surface area (Å²) in [6, 6.07) is -0.629. The molecule has 0 spiro atoms. The van der Waals surface area contributed by atoms with Crippen molar-refractivity contribution in [3.8, 4) is 0 Å². The SMILES string of the molecule is CC/C=C\C/C=C\C/C=C\C/C=C\CCCCCCCCC(=O)NC(CO)C(O)/C=C/CCCCCCCCCCC. The van der Waals surface area contributed by atoms with Crippen LogP contribution >= 0.6 is 0 Å². The van der Waals surface area contributed by atoms with Gasteiger partial charge in [-0.05, 0) is 57.8 Å². The highest BCUT2D eigenvalue weighted by Crippen LogP contribution is 2.12. The van der Waals surface area contributed by atoms with Crippen LogP contribution in [-0.2, 0) is 4.79 Å². The lowest BCUT2D eigenvalue weighted by Crippen LogP contribution is -2.45. The van der Waals surface area contributed by atoms with Crippen LogP contribution in [0.5, 0.6) is 0 Å². The molecule has 0 saturated carbocycles. The minimum Gasteiger partial charge on any atom is -0.394 e. The molecular weight excluding hydrogens is 518 g/mol. The maximum Gasteiger partial charge on any atom is 0.220 e. The van der Waals surface area contributed by atoms with Gasteiger partial charge in [-0.1, -0.05) is 152 Å². The number of carbonyl (C=O) groups excluding carboxylic acids is 1. The van der Waals surface area contributed by atoms with Gasteiger partial charge in [0.1, 0.15) is 0 Å². The van der Waals surface area contributed by atoms with Gasteiger partial charge in [-0.2, -0.15) is 0 Å². The maximum atomic E-state index is 12.3. The van der Waals surface area contributed by atoms with E-state index in [1.807, 2.05) is 6.08 Å². The molecule has 0 saturated heterocycles. The Hall–Kier alpha value is -1.91. The standard InChI is InChI=1S/C38H67NO3/c1-3-5-7-9-11-13-15-16-17-18-19-20-21-22-24-26-28-30-32-34-38(42)39-36(35-40)37(41)33-31-29-27-25-23-14-12-10-8-6-4-2/h5,7,11,13,16-17,19-20,31,33,36-37,40-41H,3-4,6,8-10,12,14-15,18,21-30,32,34-35H2,1-2H3,(H,39,42)/b7-5-,13-11-,17-16-,20-19-,33-31+. The lowest BCUT2D eigenvalue weighted by Gasteiger charge is -2.20. The summed E-state index contributed by atoms with van der Waals surface area (Å²) in [4.78, 5) is 12.3. The molecule has 0 aliphatic rings. The molecule has 0 aliphatic carbocycles. The predicted molar refractivity (Wildman–Crippen MR) is 184 cm³/mol. The smallest absolute Gasteiger partial charge is 0.220 e. The molecule has 4 heteroatoms. The first-order valence-electron chi connectivity index (χ1n) is 17.5. The van der Waals surface area contributed by atoms with Crippen molar-refractivity contribution in [2.45, 2.75) is 167 Å². The molecule has 2 unspecified atom stereocenters. The molecule has 0 heterocycles. The van der Waals surface area contributed by atoms with Crippen LogP contribution in [0.1, 0.15) is 155 Å². The van der Waals surface area contributed by atoms with E-state index in [1.54, 1.807) is 6.08 Å². The normalized spacial score (nSPS) is 13.9. The fourth-order valence-corrected chi connectivity index (χ4v) is 4.81. The summed E-state index contributed by atoms with van der Waals surface area (Å²) >= 11 is 0. The molecule has 3 N–H and O–H groups in total. The third-order valence-electron chi connectivity index (χ3n) is 7.51. The van der Waals surface area contributed by atoms with Crippen molar-refractivity contribution in [2.24, 2.45) is 0 Å². The Kier molecular flexibility index (Phi) is 32.1. The number of aliphatic hydroxyl groups excluding tert-OH is 2. The van der Waals surface area contributed by atoms with E-state index in [0.29, 0.717) is 6.42 Å². The lowest BCUT2D eigenvalue weighted by molar-refractivity contribution is -0.123. The van der Waals surface area contributed by atoms with Gasteiger partial charge in [-0.3, -0.25) is 4.79 Å². The van der Waals surface area contributed by atoms with E-state index < -0.39 is 12.1 Å². The lowest BCUT2D eigenvalue weighted by atomic mass is 10.1. The topological polar surface area (TPSA) is 69.6 Å². The molecule has 2 atom stereocenters. The highest BCUT2D eigenvalue weighted by Gasteiger charge is 2.17. The first-order chi connectivity index (χ1) is 20.7. The van der Waals surface area contributed by atoms with Crippen LogP contribution < -0.4 is 5.32 Å². The predicted octanol–water partition coefficient (Wildman–Crippen LogP) is 10.2. The van der Waals surface area contributed by atoms with Crippen LogP contribution in [0.2, 0.25) is 0 Å². The number of nitrogens with one attached hydrogen (secondary N) is 1. The highest BCUT2D eigenvalue weighted by molar-refractivity contribution is 5.76. The number of hydrogen-bond acceptors (Lipinski definition) is 3. The summed E-state index contributed by atoms with van der Waals surface area (Å²) in [5.41, 5.74) is 0. The summed E-state index contributed by atoms with van der Waals surface area (Å²) in [6.07, 6.45) is 45.8. The average molecular weight is 586 g/mol. The Morgan fingerprint density at radius 1 is 0.595 bits per heavy atom. The van der Waals surface area contributed by atoms with Crippen molar-refractivity contribution in [1.82, 2.24) is 5.32 Å². The Labute approximate surface area is 260 Å². The van der Waals surface area contributed by atoms with E-state index in [4.69, 9.17) is 0 Å². The van der Waals surface area contributed by atoms with Crippen LogP contribution in [0.25, 0.3) is 0 Å². The minimum atomic E-state index is -0.845. The first-order valence-corrected chi connectivity index (χ1v) is 17.5. The molecule has 0 aromatic heterocycles. The summed E-state index contributed by atoms with van der Waals surface area (Å²) in [7, 11) is 0. The van der Waals surface area contributed by atoms with E-state index >= 15 is 0 Å². The van der Waals surface area contributed by atoms with Gasteiger partial charge in [0.2, 0.25) is 5.91 Å². The molecule has 4 nitrogen and oxygen atoms in total. The zero-order valence-corrected chi connectivity index (χ0v) is 27.5. The number of carbonyl (C=O) groups is 1. The quantitative estimate of drug-likeness (QED) is 0.0580. The maximum absolute atomic E-state index is 12.3. The fourth-order valence-electron chi connectivity index (χ4n) is 4.81. The van der Waals surface area contributed by atoms with Gasteiger partial charge >= 0.3 is 0 Å². The Balaban J connectivity index is 3.69. The van der Waals surface area contributed by atoms with E-state index in [0.717, 1.165) is 64.2 Å². The molecule has 0 bridgehead atoms. The van der Waals surface area contributed by atoms with E-state index in [2.05, 4.69) is 67.8 Å². The number of unbranched alkanes of at least 4 members (excludes halogenated alkanes) is 15. The molecule has 0 aromatic carbocycles. The minimum absolute atomic E-state index is 0.0835. The Bertz CT molecular complexity index is 722. The number of allylic oxidation sites excluding steroid dienone is 9. The fraction of sp³-hybridized carbons (Fsp3) is 0.711. The second-order valence-corrected chi connectivity index (χ2v) is 11.6. The van der Waals surface area contributed by atoms with Crippen molar-refractivity contribution in [2.75, 3.05) is 6.61 Å². The molecular formula is C38H67NO3. The summed E-state index contributed by atoms with van der Waals surface area (Å²) in [5, 5.41) is 22.8. The first kappa shape index (κ1) is 40.1. The number of hydrogen-bond donors (Lipinski definition) is 3. The van der Waals surface area contributed by atoms with Crippen LogP contribution in [-0.4, -0.2) is 34.9 Å². The van der Waals surface area contributed by atoms with Gasteiger partial charge in [0.25, 0.3) is 0 Å². The average Bonchev–Trinajstić information content (AvgIpc) is 2.99. The molecule has 0 radical (unpaired) electrons. The summed E-state index contributed by atoms with van der Waals surface area (Å²) in [5.74, 6) is -0.0835. The molecule has 242 valence electrons. The number of amides is 1. The molecule has 0 rings (SSSR count). The van der Waals surface area contributed by atoms with Gasteiger partial charge in [0.15, 0.2) is 0 Å². The highest BCUT2D eigenvalue weighted by atomic mass is 16.3. The van der Waals surface area contributed by atoms with E-state index in [-0.39, 0.29) is 12.5 Å². The summed E-state index contributed by atoms with van der Waals surface area (Å²) < 4.78 is 0. The number of rotatable bonds is 30. The Morgan fingerprint density at radius 2 is 1.05 bits per heavy atom. The van der Waals surface area contributed by atoms with Crippen LogP contribution in [0.3, 0.4) is 0 Å². The van der Waals surface area contributed by atoms with E-state index in [1.165, 1.54) is 70.6 Å². The molecule has 1 amide bonds. The van der Waals surface area contributed by atoms with Crippen molar-refractivity contribution >= 4 is 5.91 Å². The molecule has 0 aliphatic heterocycles. The van der Waals surface area contributed by atoms with Crippen LogP contribution in [0.15, 0.2) is 60.8 Å². The van der Waals surface area contributed by atoms with Crippen molar-refractivity contribution < 1.29 is 15.0 Å². The van der Waals surface area contributed by atoms with Crippen LogP contribution in [0, 0.1) is 0 Å². The molecule has 0 fully saturated rings. The van der Waals surface area contributed by atoms with E-state index in [9.17, 15) is 15.0 Å². The molecule has 42 heavy (non-hydrogen) atoms. The van der Waals surface area contributed by atoms with Gasteiger partial charge in [-0.25, -0.2) is 0 Å². The largest absolute Gasteiger partial charge is 0.394 e. The van der Waals surface area contributed by atoms with Gasteiger partial charge in [0.05, 0.1) is 18.8 Å². The van der Waals surface area contributed by atoms with Gasteiger partial charge < -0.3 is 15.5 Å². The van der Waals surface area contributed by atoms with Crippen molar-refractivity contribution in [3.63, 3.8) is 0 Å². The van der Waals surface area contributed by atoms with Crippen molar-refractivity contribution in [3.05, 3.63) is 60.8 Å². The van der Waals surface area contributed by atoms with Gasteiger partial charge in [0, 0.05) is 6.42 Å². The number of aliphatic hydroxyl groups is 2. The second-order valence-electron chi connectivity index (χ2n) is 11.6. The molecule has 0 aromatic rings. The second kappa shape index (κ2) is 33.6. The van der Waals surface area contributed by atoms with Crippen molar-refractivity contribution in [1.29, 1.82) is 0 Å². The third kappa shape index (κ3) is 29.6. The zero-order valence-electron chi connectivity index (χ0n) is 27.5. The zero-order chi connectivity index (χ0) is 30.8. The van der Waals surface area contributed by atoms with Gasteiger partial charge in [-0.15, -0.1) is 0 Å². The monoisotopic (exact) mass is 586 g/mol. The Morgan fingerprint density at radius 3 is 1.57 bits per heavy atom. The summed E-state index contributed by atoms with van der Waals surface area (Å²) in [6.45, 7) is 4.15. The third-order valence-corrected chi connectivity index (χ3v) is 7.51. The van der Waals surface area contributed by atoms with Crippen LogP contribution in [0.4, 0.5) is 0 Å².